The molecular weight excluding hydrogens is 414 g/mol. The second kappa shape index (κ2) is 7.89. The van der Waals surface area contributed by atoms with Crippen molar-refractivity contribution in [3.8, 4) is 11.8 Å². The molecule has 1 aromatic carbocycles. The molecule has 3 heterocycles. The number of halogens is 2. The number of rotatable bonds is 4. The Hall–Kier alpha value is -4.06. The van der Waals surface area contributed by atoms with Crippen LogP contribution in [0.1, 0.15) is 30.5 Å². The van der Waals surface area contributed by atoms with Gasteiger partial charge >= 0.3 is 6.55 Å². The molecule has 0 saturated heterocycles. The van der Waals surface area contributed by atoms with Crippen LogP contribution in [-0.2, 0) is 4.79 Å². The zero-order valence-electron chi connectivity index (χ0n) is 17.1. The lowest BCUT2D eigenvalue weighted by Crippen LogP contribution is -2.14. The van der Waals surface area contributed by atoms with Crippen LogP contribution < -0.4 is 10.6 Å². The summed E-state index contributed by atoms with van der Waals surface area (Å²) in [6, 6.07) is 6.76. The summed E-state index contributed by atoms with van der Waals surface area (Å²) >= 11 is 0. The lowest BCUT2D eigenvalue weighted by Gasteiger charge is -2.09. The molecule has 4 aromatic rings. The Morgan fingerprint density at radius 2 is 1.97 bits per heavy atom. The fourth-order valence-corrected chi connectivity index (χ4v) is 3.50. The molecule has 7 nitrogen and oxygen atoms in total. The van der Waals surface area contributed by atoms with Gasteiger partial charge in [0.05, 0.1) is 17.3 Å². The molecule has 0 aliphatic heterocycles. The molecule has 0 unspecified atom stereocenters. The number of nitrogens with zero attached hydrogens (tertiary/aromatic N) is 4. The molecule has 1 fully saturated rings. The summed E-state index contributed by atoms with van der Waals surface area (Å²) in [5, 5.41) is 11.8. The van der Waals surface area contributed by atoms with Crippen molar-refractivity contribution in [1.82, 2.24) is 19.7 Å². The van der Waals surface area contributed by atoms with E-state index in [2.05, 4.69) is 37.5 Å². The molecule has 0 atom stereocenters. The molecule has 32 heavy (non-hydrogen) atoms. The van der Waals surface area contributed by atoms with Crippen LogP contribution in [0.4, 0.5) is 20.4 Å². The predicted octanol–water partition coefficient (Wildman–Crippen LogP) is 4.16. The summed E-state index contributed by atoms with van der Waals surface area (Å²) in [4.78, 5) is 20.9. The number of hydrogen-bond donors (Lipinski definition) is 2. The van der Waals surface area contributed by atoms with Crippen molar-refractivity contribution < 1.29 is 13.6 Å². The molecule has 3 aromatic heterocycles. The highest BCUT2D eigenvalue weighted by molar-refractivity contribution is 5.99. The van der Waals surface area contributed by atoms with E-state index in [9.17, 15) is 13.6 Å². The third kappa shape index (κ3) is 3.71. The topological polar surface area (TPSA) is 84.7 Å². The molecule has 5 rings (SSSR count). The van der Waals surface area contributed by atoms with Crippen molar-refractivity contribution in [2.75, 3.05) is 17.7 Å². The number of carbonyl (C=O) groups is 1. The van der Waals surface area contributed by atoms with Gasteiger partial charge in [0, 0.05) is 47.1 Å². The lowest BCUT2D eigenvalue weighted by atomic mass is 10.1. The van der Waals surface area contributed by atoms with Gasteiger partial charge in [-0.3, -0.25) is 4.79 Å². The molecule has 2 N–H and O–H groups in total. The molecule has 1 saturated carbocycles. The molecule has 0 spiro atoms. The van der Waals surface area contributed by atoms with Crippen LogP contribution in [0.5, 0.6) is 0 Å². The lowest BCUT2D eigenvalue weighted by molar-refractivity contribution is -0.117. The molecule has 1 aliphatic rings. The number of fused-ring (bicyclic) bond motifs is 2. The minimum absolute atomic E-state index is 0.0231. The van der Waals surface area contributed by atoms with E-state index in [1.807, 2.05) is 0 Å². The number of benzene rings is 1. The largest absolute Gasteiger partial charge is 0.373 e. The maximum absolute atomic E-state index is 13.0. The number of pyridine rings is 2. The highest BCUT2D eigenvalue weighted by Crippen LogP contribution is 2.31. The molecular formula is C23H18F2N6O. The summed E-state index contributed by atoms with van der Waals surface area (Å²) in [5.74, 6) is 7.34. The smallest absolute Gasteiger partial charge is 0.333 e. The second-order valence-electron chi connectivity index (χ2n) is 7.54. The Bertz CT molecular complexity index is 1410. The van der Waals surface area contributed by atoms with Crippen LogP contribution >= 0.6 is 0 Å². The maximum Gasteiger partial charge on any atom is 0.333 e. The van der Waals surface area contributed by atoms with Crippen molar-refractivity contribution >= 4 is 39.2 Å². The van der Waals surface area contributed by atoms with E-state index < -0.39 is 6.55 Å². The van der Waals surface area contributed by atoms with E-state index >= 15 is 0 Å². The van der Waals surface area contributed by atoms with Crippen molar-refractivity contribution in [2.24, 2.45) is 5.92 Å². The van der Waals surface area contributed by atoms with Gasteiger partial charge in [-0.05, 0) is 37.1 Å². The Morgan fingerprint density at radius 3 is 2.72 bits per heavy atom. The number of alkyl halides is 2. The number of amides is 1. The molecule has 9 heteroatoms. The molecule has 0 radical (unpaired) electrons. The van der Waals surface area contributed by atoms with E-state index in [4.69, 9.17) is 0 Å². The molecule has 160 valence electrons. The Morgan fingerprint density at radius 1 is 1.12 bits per heavy atom. The van der Waals surface area contributed by atoms with E-state index in [0.29, 0.717) is 38.3 Å². The van der Waals surface area contributed by atoms with Crippen LogP contribution in [0.3, 0.4) is 0 Å². The average Bonchev–Trinajstić information content (AvgIpc) is 3.56. The summed E-state index contributed by atoms with van der Waals surface area (Å²) in [7, 11) is 1.77. The van der Waals surface area contributed by atoms with Crippen LogP contribution in [0, 0.1) is 17.8 Å². The van der Waals surface area contributed by atoms with E-state index in [1.165, 1.54) is 6.20 Å². The van der Waals surface area contributed by atoms with Crippen LogP contribution in [0.2, 0.25) is 0 Å². The van der Waals surface area contributed by atoms with Gasteiger partial charge in [-0.25, -0.2) is 14.6 Å². The van der Waals surface area contributed by atoms with Gasteiger partial charge in [-0.2, -0.15) is 13.9 Å². The van der Waals surface area contributed by atoms with Gasteiger partial charge in [-0.1, -0.05) is 11.8 Å². The minimum atomic E-state index is -2.70. The van der Waals surface area contributed by atoms with Crippen molar-refractivity contribution in [2.45, 2.75) is 19.4 Å². The van der Waals surface area contributed by atoms with Gasteiger partial charge in [0.15, 0.2) is 0 Å². The molecule has 1 aliphatic carbocycles. The van der Waals surface area contributed by atoms with E-state index in [1.54, 1.807) is 43.7 Å². The summed E-state index contributed by atoms with van der Waals surface area (Å²) in [6.07, 6.45) is 6.52. The fourth-order valence-electron chi connectivity index (χ4n) is 3.50. The minimum Gasteiger partial charge on any atom is -0.373 e. The Labute approximate surface area is 181 Å². The third-order valence-corrected chi connectivity index (χ3v) is 5.33. The normalized spacial score (nSPS) is 13.2. The first-order valence-corrected chi connectivity index (χ1v) is 10.1. The number of nitrogens with one attached hydrogen (secondary N) is 2. The first kappa shape index (κ1) is 19.9. The summed E-state index contributed by atoms with van der Waals surface area (Å²) in [6.45, 7) is -2.70. The number of anilines is 2. The summed E-state index contributed by atoms with van der Waals surface area (Å²) < 4.78 is 26.7. The van der Waals surface area contributed by atoms with Gasteiger partial charge in [-0.15, -0.1) is 0 Å². The van der Waals surface area contributed by atoms with Gasteiger partial charge in [0.1, 0.15) is 11.6 Å². The Balaban J connectivity index is 1.53. The van der Waals surface area contributed by atoms with Crippen LogP contribution in [0.15, 0.2) is 42.9 Å². The highest BCUT2D eigenvalue weighted by Gasteiger charge is 2.29. The first-order valence-electron chi connectivity index (χ1n) is 10.1. The van der Waals surface area contributed by atoms with Gasteiger partial charge in [0.25, 0.3) is 0 Å². The zero-order valence-corrected chi connectivity index (χ0v) is 17.1. The number of carbonyl (C=O) groups excluding carboxylic acids is 1. The Kier molecular flexibility index (Phi) is 4.90. The monoisotopic (exact) mass is 432 g/mol. The number of hydrogen-bond acceptors (Lipinski definition) is 5. The van der Waals surface area contributed by atoms with Crippen LogP contribution in [-0.4, -0.2) is 32.7 Å². The zero-order chi connectivity index (χ0) is 22.2. The van der Waals surface area contributed by atoms with Crippen molar-refractivity contribution in [3.05, 3.63) is 54.0 Å². The first-order chi connectivity index (χ1) is 15.5. The van der Waals surface area contributed by atoms with Crippen molar-refractivity contribution in [3.63, 3.8) is 0 Å². The fraction of sp³-hybridized carbons (Fsp3) is 0.217. The third-order valence-electron chi connectivity index (χ3n) is 5.33. The standard InChI is InChI=1S/C23H18F2N6O/c1-26-21-18-12-27-20(30-22(32)14-5-6-14)9-17(18)15(10-28-21)4-2-13-3-7-19-16(8-13)11-29-31(19)23(24)25/h3,7-12,14,23H,5-6H2,1H3,(H,26,28)(H,27,30,32). The predicted molar refractivity (Wildman–Crippen MR) is 117 cm³/mol. The second-order valence-corrected chi connectivity index (χ2v) is 7.54. The SMILES string of the molecule is CNc1ncc(C#Cc2ccc3c(cnn3C(F)F)c2)c2cc(NC(=O)C3CC3)ncc12. The number of aromatic nitrogens is 4. The highest BCUT2D eigenvalue weighted by atomic mass is 19.3. The van der Waals surface area contributed by atoms with E-state index in [0.717, 1.165) is 23.6 Å². The van der Waals surface area contributed by atoms with Gasteiger partial charge in [0.2, 0.25) is 5.91 Å². The molecule has 0 bridgehead atoms. The maximum atomic E-state index is 13.0. The van der Waals surface area contributed by atoms with Crippen molar-refractivity contribution in [1.29, 1.82) is 0 Å². The van der Waals surface area contributed by atoms with Crippen LogP contribution in [0.25, 0.3) is 21.7 Å². The molecule has 1 amide bonds. The van der Waals surface area contributed by atoms with Gasteiger partial charge < -0.3 is 10.6 Å². The average molecular weight is 432 g/mol. The quantitative estimate of drug-likeness (QED) is 0.473. The van der Waals surface area contributed by atoms with E-state index in [-0.39, 0.29) is 11.8 Å². The summed E-state index contributed by atoms with van der Waals surface area (Å²) in [5.41, 5.74) is 1.67.